The number of benzene rings is 2. The van der Waals surface area contributed by atoms with Crippen molar-refractivity contribution >= 4 is 23.3 Å². The first-order chi connectivity index (χ1) is 18.0. The van der Waals surface area contributed by atoms with E-state index in [0.717, 1.165) is 36.1 Å². The molecule has 0 unspecified atom stereocenters. The predicted molar refractivity (Wildman–Crippen MR) is 145 cm³/mol. The number of nitrogens with zero attached hydrogens (tertiary/aromatic N) is 4. The third-order valence-electron chi connectivity index (χ3n) is 6.30. The van der Waals surface area contributed by atoms with Gasteiger partial charge in [0.2, 0.25) is 5.78 Å². The number of fused-ring (bicyclic) bond motifs is 1. The van der Waals surface area contributed by atoms with E-state index in [2.05, 4.69) is 11.5 Å². The van der Waals surface area contributed by atoms with Crippen molar-refractivity contribution in [1.82, 2.24) is 18.9 Å². The molecule has 0 bridgehead atoms. The van der Waals surface area contributed by atoms with Crippen LogP contribution in [-0.4, -0.2) is 61.3 Å². The summed E-state index contributed by atoms with van der Waals surface area (Å²) in [6.45, 7) is 2.75. The molecule has 0 saturated heterocycles. The highest BCUT2D eigenvalue weighted by atomic mass is 35.5. The van der Waals surface area contributed by atoms with Crippen LogP contribution in [0.2, 0.25) is 5.02 Å². The van der Waals surface area contributed by atoms with Gasteiger partial charge in [0.05, 0.1) is 24.6 Å². The molecule has 0 aliphatic heterocycles. The molecule has 9 heteroatoms. The number of aryl methyl sites for hydroxylation is 1. The van der Waals surface area contributed by atoms with Gasteiger partial charge in [-0.05, 0) is 36.2 Å². The normalized spacial score (nSPS) is 11.2. The van der Waals surface area contributed by atoms with E-state index in [1.165, 1.54) is 4.90 Å². The van der Waals surface area contributed by atoms with E-state index in [1.807, 2.05) is 24.3 Å². The summed E-state index contributed by atoms with van der Waals surface area (Å²) < 4.78 is 3.62. The van der Waals surface area contributed by atoms with Crippen molar-refractivity contribution < 1.29 is 15.0 Å². The fourth-order valence-electron chi connectivity index (χ4n) is 4.36. The lowest BCUT2D eigenvalue weighted by Crippen LogP contribution is -2.35. The number of carbonyl (C=O) groups excluding carboxylic acids is 1. The number of imidazole rings is 1. The maximum absolute atomic E-state index is 13.1. The monoisotopic (exact) mass is 522 g/mol. The van der Waals surface area contributed by atoms with Gasteiger partial charge in [-0.1, -0.05) is 55.6 Å². The zero-order chi connectivity index (χ0) is 26.4. The van der Waals surface area contributed by atoms with E-state index < -0.39 is 0 Å². The van der Waals surface area contributed by atoms with E-state index in [0.29, 0.717) is 28.6 Å². The topological polar surface area (TPSA) is 100 Å². The first kappa shape index (κ1) is 26.6. The average Bonchev–Trinajstić information content (AvgIpc) is 3.36. The number of aromatic nitrogens is 3. The summed E-state index contributed by atoms with van der Waals surface area (Å²) in [4.78, 5) is 32.2. The minimum atomic E-state index is -0.272. The average molecular weight is 523 g/mol. The van der Waals surface area contributed by atoms with Gasteiger partial charge in [0.1, 0.15) is 0 Å². The molecule has 4 rings (SSSR count). The highest BCUT2D eigenvalue weighted by Crippen LogP contribution is 2.25. The Morgan fingerprint density at radius 2 is 1.62 bits per heavy atom. The van der Waals surface area contributed by atoms with E-state index in [9.17, 15) is 19.8 Å². The molecule has 0 fully saturated rings. The fraction of sp³-hybridized carbons (Fsp3) is 0.321. The molecule has 0 saturated carbocycles. The summed E-state index contributed by atoms with van der Waals surface area (Å²) in [5, 5.41) is 19.1. The summed E-state index contributed by atoms with van der Waals surface area (Å²) >= 11 is 6.04. The van der Waals surface area contributed by atoms with Gasteiger partial charge in [-0.3, -0.25) is 14.0 Å². The smallest absolute Gasteiger partial charge is 0.259 e. The van der Waals surface area contributed by atoms with Gasteiger partial charge in [-0.15, -0.1) is 0 Å². The summed E-state index contributed by atoms with van der Waals surface area (Å²) in [6, 6.07) is 16.0. The lowest BCUT2D eigenvalue weighted by atomic mass is 10.1. The summed E-state index contributed by atoms with van der Waals surface area (Å²) in [5.41, 5.74) is 3.32. The molecule has 0 radical (unpaired) electrons. The largest absolute Gasteiger partial charge is 0.395 e. The van der Waals surface area contributed by atoms with Crippen LogP contribution in [0.1, 0.15) is 36.5 Å². The molecule has 194 valence electrons. The zero-order valence-corrected chi connectivity index (χ0v) is 21.6. The predicted octanol–water partition coefficient (Wildman–Crippen LogP) is 4.10. The Labute approximate surface area is 220 Å². The maximum atomic E-state index is 13.1. The van der Waals surface area contributed by atoms with Crippen LogP contribution in [0.15, 0.2) is 65.6 Å². The second-order valence-electron chi connectivity index (χ2n) is 8.85. The number of rotatable bonds is 11. The van der Waals surface area contributed by atoms with Gasteiger partial charge in [-0.25, -0.2) is 4.98 Å². The van der Waals surface area contributed by atoms with Crippen molar-refractivity contribution in [2.24, 2.45) is 0 Å². The standard InChI is InChI=1S/C28H31ClN4O4/c1-2-3-4-13-32-25(21-5-7-22(8-6-21)27(37)31(14-16-34)15-17-35)18-26(36)33-19-24(30-28(32)33)20-9-11-23(29)12-10-20/h5-12,18-19,34-35H,2-4,13-17H2,1H3. The minimum absolute atomic E-state index is 0.143. The second-order valence-corrected chi connectivity index (χ2v) is 9.28. The van der Waals surface area contributed by atoms with Gasteiger partial charge in [0.25, 0.3) is 11.5 Å². The molecule has 37 heavy (non-hydrogen) atoms. The van der Waals surface area contributed by atoms with Gasteiger partial charge in [0, 0.05) is 48.0 Å². The molecular formula is C28H31ClN4O4. The molecule has 4 aromatic rings. The summed E-state index contributed by atoms with van der Waals surface area (Å²) in [6.07, 6.45) is 4.78. The second kappa shape index (κ2) is 12.2. The molecule has 0 aliphatic carbocycles. The van der Waals surface area contributed by atoms with E-state index >= 15 is 0 Å². The number of aliphatic hydroxyl groups excluding tert-OH is 2. The van der Waals surface area contributed by atoms with Crippen LogP contribution in [0.3, 0.4) is 0 Å². The Balaban J connectivity index is 1.76. The van der Waals surface area contributed by atoms with Crippen molar-refractivity contribution in [3.63, 3.8) is 0 Å². The molecule has 0 aliphatic rings. The quantitative estimate of drug-likeness (QED) is 0.289. The number of amides is 1. The highest BCUT2D eigenvalue weighted by molar-refractivity contribution is 6.30. The summed E-state index contributed by atoms with van der Waals surface area (Å²) in [7, 11) is 0. The molecule has 2 aromatic heterocycles. The van der Waals surface area contributed by atoms with Crippen LogP contribution in [0.25, 0.3) is 28.3 Å². The maximum Gasteiger partial charge on any atom is 0.259 e. The van der Waals surface area contributed by atoms with Crippen molar-refractivity contribution in [2.75, 3.05) is 26.3 Å². The van der Waals surface area contributed by atoms with Crippen LogP contribution in [0, 0.1) is 0 Å². The molecule has 0 spiro atoms. The van der Waals surface area contributed by atoms with E-state index in [1.54, 1.807) is 40.9 Å². The summed E-state index contributed by atoms with van der Waals surface area (Å²) in [5.74, 6) is 0.284. The van der Waals surface area contributed by atoms with Crippen LogP contribution >= 0.6 is 11.6 Å². The molecule has 2 aromatic carbocycles. The van der Waals surface area contributed by atoms with Crippen molar-refractivity contribution in [3.05, 3.63) is 81.7 Å². The third-order valence-corrected chi connectivity index (χ3v) is 6.55. The number of aliphatic hydroxyl groups is 2. The first-order valence-electron chi connectivity index (χ1n) is 12.5. The van der Waals surface area contributed by atoms with Gasteiger partial charge in [0.15, 0.2) is 0 Å². The van der Waals surface area contributed by atoms with Crippen molar-refractivity contribution in [2.45, 2.75) is 32.7 Å². The van der Waals surface area contributed by atoms with Crippen LogP contribution < -0.4 is 5.56 Å². The lowest BCUT2D eigenvalue weighted by Gasteiger charge is -2.21. The third kappa shape index (κ3) is 5.93. The Morgan fingerprint density at radius 3 is 2.24 bits per heavy atom. The Kier molecular flexibility index (Phi) is 8.76. The van der Waals surface area contributed by atoms with Crippen LogP contribution in [0.4, 0.5) is 0 Å². The van der Waals surface area contributed by atoms with Gasteiger partial charge >= 0.3 is 0 Å². The highest BCUT2D eigenvalue weighted by Gasteiger charge is 2.17. The van der Waals surface area contributed by atoms with Crippen LogP contribution in [-0.2, 0) is 6.54 Å². The van der Waals surface area contributed by atoms with E-state index in [4.69, 9.17) is 16.6 Å². The molecule has 2 N–H and O–H groups in total. The molecule has 0 atom stereocenters. The molecular weight excluding hydrogens is 492 g/mol. The Morgan fingerprint density at radius 1 is 0.973 bits per heavy atom. The molecule has 8 nitrogen and oxygen atoms in total. The van der Waals surface area contributed by atoms with Gasteiger partial charge < -0.3 is 19.7 Å². The lowest BCUT2D eigenvalue weighted by molar-refractivity contribution is 0.0685. The number of carbonyl (C=O) groups is 1. The van der Waals surface area contributed by atoms with Crippen molar-refractivity contribution in [1.29, 1.82) is 0 Å². The number of halogens is 1. The fourth-order valence-corrected chi connectivity index (χ4v) is 4.48. The van der Waals surface area contributed by atoms with Crippen molar-refractivity contribution in [3.8, 4) is 22.5 Å². The SMILES string of the molecule is CCCCCn1c(-c2ccc(C(=O)N(CCO)CCO)cc2)cc(=O)n2cc(-c3ccc(Cl)cc3)nc12. The van der Waals surface area contributed by atoms with Crippen LogP contribution in [0.5, 0.6) is 0 Å². The Bertz CT molecular complexity index is 1410. The minimum Gasteiger partial charge on any atom is -0.395 e. The molecule has 2 heterocycles. The zero-order valence-electron chi connectivity index (χ0n) is 20.8. The van der Waals surface area contributed by atoms with Gasteiger partial charge in [-0.2, -0.15) is 0 Å². The van der Waals surface area contributed by atoms with E-state index in [-0.39, 0.29) is 37.8 Å². The molecule has 1 amide bonds. The Hall–Kier alpha value is -3.46. The first-order valence-corrected chi connectivity index (χ1v) is 12.8. The number of hydrogen-bond donors (Lipinski definition) is 2. The number of hydrogen-bond acceptors (Lipinski definition) is 5. The number of unbranched alkanes of at least 4 members (excludes halogenated alkanes) is 2.